The van der Waals surface area contributed by atoms with Crippen LogP contribution in [0.5, 0.6) is 0 Å². The van der Waals surface area contributed by atoms with E-state index in [9.17, 15) is 39.5 Å². The molecule has 3 aromatic heterocycles. The Labute approximate surface area is 147 Å². The summed E-state index contributed by atoms with van der Waals surface area (Å²) in [6.45, 7) is 0. The Kier molecular flexibility index (Phi) is 4.16. The van der Waals surface area contributed by atoms with E-state index in [0.717, 1.165) is 6.07 Å². The molecule has 2 N–H and O–H groups in total. The standard InChI is InChI=1S/C13H5F9N6/c14-11(15,16)5-2-1-4(3-24-5)28-8(23)6-7(12(17,18)19)25-10(13(20,21)22)26-9(6)27-28/h1-3H,23H2. The van der Waals surface area contributed by atoms with Crippen LogP contribution in [-0.2, 0) is 18.5 Å². The summed E-state index contributed by atoms with van der Waals surface area (Å²) >= 11 is 0. The van der Waals surface area contributed by atoms with Gasteiger partial charge in [0, 0.05) is 0 Å². The summed E-state index contributed by atoms with van der Waals surface area (Å²) in [6.07, 6.45) is -14.8. The van der Waals surface area contributed by atoms with Gasteiger partial charge in [0.25, 0.3) is 0 Å². The maximum absolute atomic E-state index is 13.2. The highest BCUT2D eigenvalue weighted by atomic mass is 19.4. The number of halogens is 9. The monoisotopic (exact) mass is 416 g/mol. The summed E-state index contributed by atoms with van der Waals surface area (Å²) in [5.74, 6) is -2.92. The van der Waals surface area contributed by atoms with Crippen molar-refractivity contribution in [1.82, 2.24) is 24.7 Å². The van der Waals surface area contributed by atoms with Crippen LogP contribution in [0.1, 0.15) is 17.2 Å². The average Bonchev–Trinajstić information content (AvgIpc) is 2.89. The zero-order valence-electron chi connectivity index (χ0n) is 12.9. The van der Waals surface area contributed by atoms with E-state index in [1.165, 1.54) is 0 Å². The molecule has 0 unspecified atom stereocenters. The van der Waals surface area contributed by atoms with Crippen molar-refractivity contribution in [3.63, 3.8) is 0 Å². The lowest BCUT2D eigenvalue weighted by molar-refractivity contribution is -0.151. The number of nitrogen functional groups attached to an aromatic ring is 1. The maximum atomic E-state index is 13.2. The second kappa shape index (κ2) is 5.93. The van der Waals surface area contributed by atoms with Crippen molar-refractivity contribution in [2.75, 3.05) is 5.73 Å². The van der Waals surface area contributed by atoms with Crippen LogP contribution < -0.4 is 5.73 Å². The fourth-order valence-electron chi connectivity index (χ4n) is 2.22. The molecule has 6 nitrogen and oxygen atoms in total. The van der Waals surface area contributed by atoms with Crippen LogP contribution in [-0.4, -0.2) is 24.7 Å². The number of alkyl halides is 9. The first kappa shape index (κ1) is 19.6. The third kappa shape index (κ3) is 3.38. The number of fused-ring (bicyclic) bond motifs is 1. The zero-order valence-corrected chi connectivity index (χ0v) is 12.9. The smallest absolute Gasteiger partial charge is 0.383 e. The van der Waals surface area contributed by atoms with Crippen LogP contribution in [0.3, 0.4) is 0 Å². The van der Waals surface area contributed by atoms with E-state index < -0.39 is 52.6 Å². The lowest BCUT2D eigenvalue weighted by Gasteiger charge is -2.10. The summed E-state index contributed by atoms with van der Waals surface area (Å²) in [7, 11) is 0. The highest BCUT2D eigenvalue weighted by molar-refractivity contribution is 5.90. The molecule has 15 heteroatoms. The third-order valence-electron chi connectivity index (χ3n) is 3.37. The molecule has 3 aromatic rings. The van der Waals surface area contributed by atoms with Gasteiger partial charge in [-0.1, -0.05) is 0 Å². The number of hydrogen-bond acceptors (Lipinski definition) is 5. The minimum atomic E-state index is -5.33. The zero-order chi connectivity index (χ0) is 21.1. The topological polar surface area (TPSA) is 82.5 Å². The maximum Gasteiger partial charge on any atom is 0.451 e. The minimum Gasteiger partial charge on any atom is -0.383 e. The van der Waals surface area contributed by atoms with Crippen LogP contribution in [0.15, 0.2) is 18.3 Å². The molecule has 0 aliphatic carbocycles. The van der Waals surface area contributed by atoms with Crippen LogP contribution >= 0.6 is 0 Å². The molecular formula is C13H5F9N6. The summed E-state index contributed by atoms with van der Waals surface area (Å²) in [5.41, 5.74) is 0.895. The molecule has 0 saturated heterocycles. The van der Waals surface area contributed by atoms with Gasteiger partial charge < -0.3 is 5.73 Å². The largest absolute Gasteiger partial charge is 0.451 e. The Morgan fingerprint density at radius 1 is 0.821 bits per heavy atom. The van der Waals surface area contributed by atoms with E-state index in [2.05, 4.69) is 20.1 Å². The van der Waals surface area contributed by atoms with Crippen molar-refractivity contribution in [1.29, 1.82) is 0 Å². The van der Waals surface area contributed by atoms with Crippen molar-refractivity contribution in [3.8, 4) is 5.69 Å². The molecule has 0 atom stereocenters. The minimum absolute atomic E-state index is 0.329. The third-order valence-corrected chi connectivity index (χ3v) is 3.37. The Balaban J connectivity index is 2.25. The molecule has 0 radical (unpaired) electrons. The van der Waals surface area contributed by atoms with E-state index in [1.54, 1.807) is 0 Å². The van der Waals surface area contributed by atoms with Crippen molar-refractivity contribution in [2.24, 2.45) is 0 Å². The van der Waals surface area contributed by atoms with Crippen LogP contribution in [0.2, 0.25) is 0 Å². The summed E-state index contributed by atoms with van der Waals surface area (Å²) < 4.78 is 116. The molecular weight excluding hydrogens is 411 g/mol. The first-order valence-corrected chi connectivity index (χ1v) is 6.94. The molecule has 0 aliphatic rings. The summed E-state index contributed by atoms with van der Waals surface area (Å²) in [5, 5.41) is 2.41. The van der Waals surface area contributed by atoms with Crippen molar-refractivity contribution in [3.05, 3.63) is 35.5 Å². The van der Waals surface area contributed by atoms with Gasteiger partial charge in [-0.15, -0.1) is 5.10 Å². The first-order chi connectivity index (χ1) is 12.7. The molecule has 0 bridgehead atoms. The summed E-state index contributed by atoms with van der Waals surface area (Å²) in [4.78, 5) is 8.52. The average molecular weight is 416 g/mol. The Bertz CT molecular complexity index is 1030. The van der Waals surface area contributed by atoms with Gasteiger partial charge in [-0.2, -0.15) is 39.5 Å². The van der Waals surface area contributed by atoms with Gasteiger partial charge in [0.05, 0.1) is 17.3 Å². The van der Waals surface area contributed by atoms with Gasteiger partial charge in [0.1, 0.15) is 11.5 Å². The van der Waals surface area contributed by atoms with Gasteiger partial charge in [-0.05, 0) is 12.1 Å². The number of aromatic nitrogens is 5. The number of nitrogens with two attached hydrogens (primary N) is 1. The predicted octanol–water partition coefficient (Wildman–Crippen LogP) is 3.85. The van der Waals surface area contributed by atoms with Gasteiger partial charge in [-0.3, -0.25) is 0 Å². The lowest BCUT2D eigenvalue weighted by atomic mass is 10.2. The molecule has 0 aliphatic heterocycles. The fourth-order valence-corrected chi connectivity index (χ4v) is 2.22. The normalized spacial score (nSPS) is 13.3. The Morgan fingerprint density at radius 2 is 1.46 bits per heavy atom. The van der Waals surface area contributed by atoms with Crippen LogP contribution in [0.4, 0.5) is 45.3 Å². The number of nitrogens with zero attached hydrogens (tertiary/aromatic N) is 5. The Hall–Kier alpha value is -3.13. The van der Waals surface area contributed by atoms with E-state index >= 15 is 0 Å². The van der Waals surface area contributed by atoms with Gasteiger partial charge in [0.2, 0.25) is 5.82 Å². The number of pyridine rings is 1. The molecule has 150 valence electrons. The van der Waals surface area contributed by atoms with Gasteiger partial charge >= 0.3 is 18.5 Å². The first-order valence-electron chi connectivity index (χ1n) is 6.94. The van der Waals surface area contributed by atoms with Gasteiger partial charge in [-0.25, -0.2) is 19.6 Å². The van der Waals surface area contributed by atoms with E-state index in [-0.39, 0.29) is 5.69 Å². The lowest BCUT2D eigenvalue weighted by Crippen LogP contribution is -2.17. The highest BCUT2D eigenvalue weighted by Gasteiger charge is 2.43. The SMILES string of the molecule is Nc1c2c(C(F)(F)F)nc(C(F)(F)F)nc2nn1-c1ccc(C(F)(F)F)nc1. The second-order valence-electron chi connectivity index (χ2n) is 5.29. The summed E-state index contributed by atoms with van der Waals surface area (Å²) in [6, 6.07) is 1.28. The molecule has 3 rings (SSSR count). The molecule has 0 fully saturated rings. The number of anilines is 1. The molecule has 28 heavy (non-hydrogen) atoms. The van der Waals surface area contributed by atoms with E-state index in [4.69, 9.17) is 5.73 Å². The van der Waals surface area contributed by atoms with Crippen LogP contribution in [0, 0.1) is 0 Å². The van der Waals surface area contributed by atoms with Crippen molar-refractivity contribution in [2.45, 2.75) is 18.5 Å². The number of hydrogen-bond donors (Lipinski definition) is 1. The molecule has 0 spiro atoms. The van der Waals surface area contributed by atoms with Crippen molar-refractivity contribution < 1.29 is 39.5 Å². The predicted molar refractivity (Wildman–Crippen MR) is 73.9 cm³/mol. The Morgan fingerprint density at radius 3 is 1.93 bits per heavy atom. The molecule has 0 aromatic carbocycles. The second-order valence-corrected chi connectivity index (χ2v) is 5.29. The molecule has 0 amide bonds. The fraction of sp³-hybridized carbons (Fsp3) is 0.231. The molecule has 0 saturated carbocycles. The number of rotatable bonds is 1. The van der Waals surface area contributed by atoms with Gasteiger partial charge in [0.15, 0.2) is 11.3 Å². The highest BCUT2D eigenvalue weighted by Crippen LogP contribution is 2.38. The van der Waals surface area contributed by atoms with E-state index in [0.29, 0.717) is 16.9 Å². The van der Waals surface area contributed by atoms with Crippen molar-refractivity contribution >= 4 is 16.9 Å². The van der Waals surface area contributed by atoms with E-state index in [1.807, 2.05) is 0 Å². The molecule has 3 heterocycles. The van der Waals surface area contributed by atoms with Crippen LogP contribution in [0.25, 0.3) is 16.7 Å². The quantitative estimate of drug-likeness (QED) is 0.610.